The summed E-state index contributed by atoms with van der Waals surface area (Å²) in [6.45, 7) is -0.130. The highest BCUT2D eigenvalue weighted by Gasteiger charge is 2.15. The van der Waals surface area contributed by atoms with Crippen molar-refractivity contribution in [3.8, 4) is 0 Å². The summed E-state index contributed by atoms with van der Waals surface area (Å²) in [7, 11) is 0. The van der Waals surface area contributed by atoms with Crippen molar-refractivity contribution < 1.29 is 14.7 Å². The second-order valence-electron chi connectivity index (χ2n) is 3.45. The van der Waals surface area contributed by atoms with Gasteiger partial charge in [-0.1, -0.05) is 18.2 Å². The van der Waals surface area contributed by atoms with Crippen LogP contribution >= 0.6 is 0 Å². The number of carbonyl (C=O) groups excluding carboxylic acids is 1. The molecular weight excluding hydrogens is 208 g/mol. The van der Waals surface area contributed by atoms with Gasteiger partial charge in [0, 0.05) is 10.9 Å². The van der Waals surface area contributed by atoms with E-state index in [1.165, 1.54) is 10.6 Å². The number of amides is 1. The molecule has 2 aromatic rings. The van der Waals surface area contributed by atoms with Gasteiger partial charge in [0.15, 0.2) is 0 Å². The van der Waals surface area contributed by atoms with Crippen LogP contribution in [0.1, 0.15) is 10.5 Å². The Bertz CT molecular complexity index is 572. The Balaban J connectivity index is 2.69. The van der Waals surface area contributed by atoms with Gasteiger partial charge in [-0.3, -0.25) is 4.79 Å². The summed E-state index contributed by atoms with van der Waals surface area (Å²) in [5, 5.41) is 9.79. The van der Waals surface area contributed by atoms with E-state index in [0.29, 0.717) is 5.52 Å². The number of carboxylic acid groups (broad SMARTS) is 1. The van der Waals surface area contributed by atoms with Crippen LogP contribution in [0, 0.1) is 0 Å². The molecule has 3 N–H and O–H groups in total. The second kappa shape index (κ2) is 3.69. The van der Waals surface area contributed by atoms with Gasteiger partial charge in [0.2, 0.25) is 5.91 Å². The maximum atomic E-state index is 11.0. The van der Waals surface area contributed by atoms with Crippen LogP contribution in [0.4, 0.5) is 0 Å². The van der Waals surface area contributed by atoms with Crippen LogP contribution in [0.15, 0.2) is 30.3 Å². The van der Waals surface area contributed by atoms with E-state index in [2.05, 4.69) is 0 Å². The van der Waals surface area contributed by atoms with E-state index in [4.69, 9.17) is 10.8 Å². The predicted molar refractivity (Wildman–Crippen MR) is 58.1 cm³/mol. The SMILES string of the molecule is NC(=O)Cn1c(C(=O)O)cc2ccccc21. The number of primary amides is 1. The molecule has 0 spiro atoms. The molecule has 5 heteroatoms. The summed E-state index contributed by atoms with van der Waals surface area (Å²) in [6, 6.07) is 8.67. The van der Waals surface area contributed by atoms with Crippen molar-refractivity contribution in [3.05, 3.63) is 36.0 Å². The summed E-state index contributed by atoms with van der Waals surface area (Å²) in [5.74, 6) is -1.64. The Labute approximate surface area is 91.1 Å². The molecule has 0 saturated carbocycles. The Hall–Kier alpha value is -2.30. The number of fused-ring (bicyclic) bond motifs is 1. The number of carboxylic acids is 1. The number of para-hydroxylation sites is 1. The lowest BCUT2D eigenvalue weighted by Gasteiger charge is -2.04. The summed E-state index contributed by atoms with van der Waals surface area (Å²) in [5.41, 5.74) is 5.85. The number of hydrogen-bond donors (Lipinski definition) is 2. The maximum Gasteiger partial charge on any atom is 0.352 e. The minimum Gasteiger partial charge on any atom is -0.477 e. The van der Waals surface area contributed by atoms with Crippen LogP contribution in [0.5, 0.6) is 0 Å². The molecule has 0 aliphatic carbocycles. The van der Waals surface area contributed by atoms with Crippen molar-refractivity contribution >= 4 is 22.8 Å². The number of aromatic carboxylic acids is 1. The molecule has 0 aliphatic rings. The van der Waals surface area contributed by atoms with E-state index in [1.54, 1.807) is 18.2 Å². The molecule has 1 aromatic heterocycles. The predicted octanol–water partition coefficient (Wildman–Crippen LogP) is 0.825. The largest absolute Gasteiger partial charge is 0.477 e. The minimum absolute atomic E-state index is 0.0694. The fourth-order valence-electron chi connectivity index (χ4n) is 1.71. The maximum absolute atomic E-state index is 11.0. The molecule has 5 nitrogen and oxygen atoms in total. The van der Waals surface area contributed by atoms with E-state index in [0.717, 1.165) is 5.39 Å². The Morgan fingerprint density at radius 2 is 2.00 bits per heavy atom. The lowest BCUT2D eigenvalue weighted by atomic mass is 10.2. The number of hydrogen-bond acceptors (Lipinski definition) is 2. The summed E-state index contributed by atoms with van der Waals surface area (Å²) >= 11 is 0. The number of nitrogens with zero attached hydrogens (tertiary/aromatic N) is 1. The fourth-order valence-corrected chi connectivity index (χ4v) is 1.71. The monoisotopic (exact) mass is 218 g/mol. The van der Waals surface area contributed by atoms with Crippen LogP contribution in [0.2, 0.25) is 0 Å². The van der Waals surface area contributed by atoms with Gasteiger partial charge >= 0.3 is 5.97 Å². The molecule has 1 heterocycles. The molecule has 0 unspecified atom stereocenters. The molecule has 1 aromatic carbocycles. The zero-order valence-corrected chi connectivity index (χ0v) is 8.38. The van der Waals surface area contributed by atoms with Gasteiger partial charge in [0.25, 0.3) is 0 Å². The summed E-state index contributed by atoms with van der Waals surface area (Å²) in [4.78, 5) is 21.9. The first-order chi connectivity index (χ1) is 7.59. The first-order valence-corrected chi connectivity index (χ1v) is 4.69. The molecule has 0 aliphatic heterocycles. The second-order valence-corrected chi connectivity index (χ2v) is 3.45. The highest BCUT2D eigenvalue weighted by atomic mass is 16.4. The standard InChI is InChI=1S/C11H10N2O3/c12-10(14)6-13-8-4-2-1-3-7(8)5-9(13)11(15)16/h1-5H,6H2,(H2,12,14)(H,15,16). The van der Waals surface area contributed by atoms with Crippen LogP contribution in [0.25, 0.3) is 10.9 Å². The van der Waals surface area contributed by atoms with Gasteiger partial charge in [0.05, 0.1) is 0 Å². The average molecular weight is 218 g/mol. The fraction of sp³-hybridized carbons (Fsp3) is 0.0909. The van der Waals surface area contributed by atoms with Gasteiger partial charge < -0.3 is 15.4 Å². The van der Waals surface area contributed by atoms with Crippen molar-refractivity contribution in [2.24, 2.45) is 5.73 Å². The average Bonchev–Trinajstić information content (AvgIpc) is 2.57. The van der Waals surface area contributed by atoms with Gasteiger partial charge in [-0.25, -0.2) is 4.79 Å². The van der Waals surface area contributed by atoms with E-state index in [9.17, 15) is 9.59 Å². The van der Waals surface area contributed by atoms with Crippen molar-refractivity contribution in [1.82, 2.24) is 4.57 Å². The molecule has 0 saturated heterocycles. The molecule has 16 heavy (non-hydrogen) atoms. The third-order valence-electron chi connectivity index (χ3n) is 2.34. The van der Waals surface area contributed by atoms with E-state index in [-0.39, 0.29) is 12.2 Å². The lowest BCUT2D eigenvalue weighted by molar-refractivity contribution is -0.118. The highest BCUT2D eigenvalue weighted by Crippen LogP contribution is 2.19. The number of nitrogens with two attached hydrogens (primary N) is 1. The molecule has 0 radical (unpaired) electrons. The molecule has 2 rings (SSSR count). The van der Waals surface area contributed by atoms with Crippen molar-refractivity contribution in [2.45, 2.75) is 6.54 Å². The highest BCUT2D eigenvalue weighted by molar-refractivity contribution is 5.95. The topological polar surface area (TPSA) is 85.3 Å². The third kappa shape index (κ3) is 1.63. The van der Waals surface area contributed by atoms with Gasteiger partial charge in [-0.05, 0) is 12.1 Å². The quantitative estimate of drug-likeness (QED) is 0.799. The van der Waals surface area contributed by atoms with Crippen molar-refractivity contribution in [3.63, 3.8) is 0 Å². The molecule has 0 bridgehead atoms. The first-order valence-electron chi connectivity index (χ1n) is 4.69. The van der Waals surface area contributed by atoms with E-state index in [1.807, 2.05) is 6.07 Å². The zero-order valence-electron chi connectivity index (χ0n) is 8.38. The van der Waals surface area contributed by atoms with Crippen LogP contribution in [-0.2, 0) is 11.3 Å². The zero-order chi connectivity index (χ0) is 11.7. The molecule has 0 atom stereocenters. The van der Waals surface area contributed by atoms with Crippen molar-refractivity contribution in [1.29, 1.82) is 0 Å². The van der Waals surface area contributed by atoms with Crippen LogP contribution < -0.4 is 5.73 Å². The molecular formula is C11H10N2O3. The Morgan fingerprint density at radius 3 is 2.62 bits per heavy atom. The first kappa shape index (κ1) is 10.2. The number of aromatic nitrogens is 1. The van der Waals surface area contributed by atoms with Crippen LogP contribution in [0.3, 0.4) is 0 Å². The molecule has 0 fully saturated rings. The number of rotatable bonds is 3. The Kier molecular flexibility index (Phi) is 2.36. The third-order valence-corrected chi connectivity index (χ3v) is 2.34. The summed E-state index contributed by atoms with van der Waals surface area (Å²) in [6.07, 6.45) is 0. The molecule has 1 amide bonds. The normalized spacial score (nSPS) is 10.5. The number of carbonyl (C=O) groups is 2. The Morgan fingerprint density at radius 1 is 1.31 bits per heavy atom. The van der Waals surface area contributed by atoms with Gasteiger partial charge in [-0.15, -0.1) is 0 Å². The van der Waals surface area contributed by atoms with Gasteiger partial charge in [0.1, 0.15) is 12.2 Å². The lowest BCUT2D eigenvalue weighted by Crippen LogP contribution is -2.21. The minimum atomic E-state index is -1.07. The van der Waals surface area contributed by atoms with Crippen molar-refractivity contribution in [2.75, 3.05) is 0 Å². The summed E-state index contributed by atoms with van der Waals surface area (Å²) < 4.78 is 1.40. The molecule has 82 valence electrons. The smallest absolute Gasteiger partial charge is 0.352 e. The number of benzene rings is 1. The van der Waals surface area contributed by atoms with Crippen LogP contribution in [-0.4, -0.2) is 21.6 Å². The van der Waals surface area contributed by atoms with E-state index >= 15 is 0 Å². The van der Waals surface area contributed by atoms with E-state index < -0.39 is 11.9 Å². The van der Waals surface area contributed by atoms with Gasteiger partial charge in [-0.2, -0.15) is 0 Å².